The third-order valence-electron chi connectivity index (χ3n) is 3.45. The van der Waals surface area contributed by atoms with Crippen LogP contribution in [-0.4, -0.2) is 22.0 Å². The van der Waals surface area contributed by atoms with Gasteiger partial charge in [-0.1, -0.05) is 17.7 Å². The Balaban J connectivity index is 2.23. The molecule has 0 spiro atoms. The maximum atomic E-state index is 10.4. The second kappa shape index (κ2) is 5.85. The molecule has 1 atom stereocenters. The number of methoxy groups -OCH3 is 1. The van der Waals surface area contributed by atoms with Crippen LogP contribution in [0, 0.1) is 13.8 Å². The number of ether oxygens (including phenoxy) is 1. The molecule has 1 aromatic heterocycles. The first-order chi connectivity index (χ1) is 9.43. The highest BCUT2D eigenvalue weighted by Gasteiger charge is 2.17. The van der Waals surface area contributed by atoms with Gasteiger partial charge in [0.2, 0.25) is 0 Å². The number of aryl methyl sites for hydroxylation is 3. The van der Waals surface area contributed by atoms with Gasteiger partial charge in [-0.25, -0.2) is 0 Å². The zero-order chi connectivity index (χ0) is 14.9. The summed E-state index contributed by atoms with van der Waals surface area (Å²) in [5.74, 6) is 0.815. The second-order valence-corrected chi connectivity index (χ2v) is 5.30. The number of aliphatic hydroxyl groups is 1. The summed E-state index contributed by atoms with van der Waals surface area (Å²) in [5.41, 5.74) is 3.46. The van der Waals surface area contributed by atoms with Gasteiger partial charge in [0.05, 0.1) is 29.6 Å². The largest absolute Gasteiger partial charge is 0.496 e. The minimum Gasteiger partial charge on any atom is -0.496 e. The first kappa shape index (κ1) is 14.9. The molecule has 1 heterocycles. The lowest BCUT2D eigenvalue weighted by Gasteiger charge is -2.14. The van der Waals surface area contributed by atoms with Crippen LogP contribution in [0.1, 0.15) is 28.6 Å². The summed E-state index contributed by atoms with van der Waals surface area (Å²) < 4.78 is 6.94. The molecule has 108 valence electrons. The highest BCUT2D eigenvalue weighted by molar-refractivity contribution is 6.31. The molecular formula is C15H19ClN2O2. The van der Waals surface area contributed by atoms with Crippen molar-refractivity contribution in [3.8, 4) is 5.75 Å². The molecule has 0 saturated heterocycles. The fourth-order valence-corrected chi connectivity index (χ4v) is 2.55. The third-order valence-corrected chi connectivity index (χ3v) is 3.94. The molecular weight excluding hydrogens is 276 g/mol. The Kier molecular flexibility index (Phi) is 4.35. The molecule has 5 heteroatoms. The van der Waals surface area contributed by atoms with E-state index in [1.807, 2.05) is 39.1 Å². The summed E-state index contributed by atoms with van der Waals surface area (Å²) in [7, 11) is 3.47. The smallest absolute Gasteiger partial charge is 0.121 e. The topological polar surface area (TPSA) is 47.3 Å². The first-order valence-electron chi connectivity index (χ1n) is 6.44. The summed E-state index contributed by atoms with van der Waals surface area (Å²) in [6.07, 6.45) is -0.186. The van der Waals surface area contributed by atoms with Crippen LogP contribution in [0.3, 0.4) is 0 Å². The number of aromatic nitrogens is 2. The molecule has 0 radical (unpaired) electrons. The molecule has 0 aliphatic carbocycles. The molecule has 20 heavy (non-hydrogen) atoms. The van der Waals surface area contributed by atoms with E-state index in [2.05, 4.69) is 5.10 Å². The molecule has 1 unspecified atom stereocenters. The van der Waals surface area contributed by atoms with Gasteiger partial charge in [-0.3, -0.25) is 4.68 Å². The fraction of sp³-hybridized carbons (Fsp3) is 0.400. The Morgan fingerprint density at radius 2 is 2.10 bits per heavy atom. The lowest BCUT2D eigenvalue weighted by atomic mass is 10.0. The van der Waals surface area contributed by atoms with Crippen molar-refractivity contribution in [1.82, 2.24) is 9.78 Å². The Labute approximate surface area is 123 Å². The summed E-state index contributed by atoms with van der Waals surface area (Å²) in [6.45, 7) is 3.81. The van der Waals surface area contributed by atoms with Crippen molar-refractivity contribution < 1.29 is 9.84 Å². The van der Waals surface area contributed by atoms with Crippen molar-refractivity contribution in [2.24, 2.45) is 7.05 Å². The minimum atomic E-state index is -0.619. The molecule has 0 amide bonds. The highest BCUT2D eigenvalue weighted by Crippen LogP contribution is 2.28. The van der Waals surface area contributed by atoms with E-state index in [-0.39, 0.29) is 0 Å². The Bertz CT molecular complexity index is 623. The van der Waals surface area contributed by atoms with E-state index in [1.54, 1.807) is 11.8 Å². The summed E-state index contributed by atoms with van der Waals surface area (Å²) in [6, 6.07) is 5.66. The highest BCUT2D eigenvalue weighted by atomic mass is 35.5. The van der Waals surface area contributed by atoms with Crippen LogP contribution in [0.15, 0.2) is 18.2 Å². The molecule has 1 N–H and O–H groups in total. The second-order valence-electron chi connectivity index (χ2n) is 4.92. The third kappa shape index (κ3) is 2.81. The lowest BCUT2D eigenvalue weighted by Crippen LogP contribution is -2.07. The molecule has 0 bridgehead atoms. The van der Waals surface area contributed by atoms with Gasteiger partial charge in [0.25, 0.3) is 0 Å². The quantitative estimate of drug-likeness (QED) is 0.943. The Morgan fingerprint density at radius 3 is 2.60 bits per heavy atom. The van der Waals surface area contributed by atoms with Crippen LogP contribution < -0.4 is 4.74 Å². The van der Waals surface area contributed by atoms with Crippen molar-refractivity contribution in [3.63, 3.8) is 0 Å². The van der Waals surface area contributed by atoms with Gasteiger partial charge in [0.15, 0.2) is 0 Å². The molecule has 0 aliphatic heterocycles. The van der Waals surface area contributed by atoms with Gasteiger partial charge in [0, 0.05) is 13.5 Å². The van der Waals surface area contributed by atoms with Crippen LogP contribution in [0.2, 0.25) is 5.02 Å². The Morgan fingerprint density at radius 1 is 1.40 bits per heavy atom. The van der Waals surface area contributed by atoms with Gasteiger partial charge >= 0.3 is 0 Å². The number of hydrogen-bond acceptors (Lipinski definition) is 3. The standard InChI is InChI=1S/C15H19ClN2O2/c1-9-7-11(5-6-14(9)20-4)13(19)8-12-15(16)10(2)17-18(12)3/h5-7,13,19H,8H2,1-4H3. The van der Waals surface area contributed by atoms with Crippen LogP contribution >= 0.6 is 11.6 Å². The molecule has 0 aliphatic rings. The summed E-state index contributed by atoms with van der Waals surface area (Å²) >= 11 is 6.21. The van der Waals surface area contributed by atoms with Crippen LogP contribution in [0.5, 0.6) is 5.75 Å². The van der Waals surface area contributed by atoms with E-state index in [0.29, 0.717) is 11.4 Å². The lowest BCUT2D eigenvalue weighted by molar-refractivity contribution is 0.175. The fourth-order valence-electron chi connectivity index (χ4n) is 2.31. The van der Waals surface area contributed by atoms with Gasteiger partial charge in [0.1, 0.15) is 5.75 Å². The van der Waals surface area contributed by atoms with Crippen LogP contribution in [0.25, 0.3) is 0 Å². The number of halogens is 1. The number of nitrogens with zero attached hydrogens (tertiary/aromatic N) is 2. The Hall–Kier alpha value is -1.52. The maximum absolute atomic E-state index is 10.4. The number of rotatable bonds is 4. The molecule has 2 aromatic rings. The number of hydrogen-bond donors (Lipinski definition) is 1. The predicted molar refractivity (Wildman–Crippen MR) is 79.3 cm³/mol. The van der Waals surface area contributed by atoms with Gasteiger partial charge in [-0.15, -0.1) is 0 Å². The van der Waals surface area contributed by atoms with Gasteiger partial charge in [-0.2, -0.15) is 5.10 Å². The van der Waals surface area contributed by atoms with E-state index in [4.69, 9.17) is 16.3 Å². The van der Waals surface area contributed by atoms with Crippen LogP contribution in [-0.2, 0) is 13.5 Å². The van der Waals surface area contributed by atoms with E-state index in [1.165, 1.54) is 0 Å². The maximum Gasteiger partial charge on any atom is 0.121 e. The van der Waals surface area contributed by atoms with Crippen molar-refractivity contribution in [3.05, 3.63) is 45.7 Å². The van der Waals surface area contributed by atoms with Crippen molar-refractivity contribution in [2.75, 3.05) is 7.11 Å². The monoisotopic (exact) mass is 294 g/mol. The van der Waals surface area contributed by atoms with E-state index < -0.39 is 6.10 Å². The molecule has 2 rings (SSSR count). The normalized spacial score (nSPS) is 12.5. The summed E-state index contributed by atoms with van der Waals surface area (Å²) in [4.78, 5) is 0. The van der Waals surface area contributed by atoms with Crippen molar-refractivity contribution in [2.45, 2.75) is 26.4 Å². The van der Waals surface area contributed by atoms with Crippen LogP contribution in [0.4, 0.5) is 0 Å². The first-order valence-corrected chi connectivity index (χ1v) is 6.82. The average Bonchev–Trinajstić information content (AvgIpc) is 2.65. The van der Waals surface area contributed by atoms with E-state index in [9.17, 15) is 5.11 Å². The minimum absolute atomic E-state index is 0.432. The zero-order valence-electron chi connectivity index (χ0n) is 12.1. The average molecular weight is 295 g/mol. The van der Waals surface area contributed by atoms with Crippen molar-refractivity contribution in [1.29, 1.82) is 0 Å². The SMILES string of the molecule is COc1ccc(C(O)Cc2c(Cl)c(C)nn2C)cc1C. The van der Waals surface area contributed by atoms with E-state index >= 15 is 0 Å². The molecule has 0 fully saturated rings. The summed E-state index contributed by atoms with van der Waals surface area (Å²) in [5, 5.41) is 15.3. The predicted octanol–water partition coefficient (Wildman–Crippen LogP) is 2.98. The zero-order valence-corrected chi connectivity index (χ0v) is 12.9. The number of benzene rings is 1. The number of aliphatic hydroxyl groups excluding tert-OH is 1. The van der Waals surface area contributed by atoms with Crippen molar-refractivity contribution >= 4 is 11.6 Å². The molecule has 4 nitrogen and oxygen atoms in total. The van der Waals surface area contributed by atoms with E-state index in [0.717, 1.165) is 28.3 Å². The van der Waals surface area contributed by atoms with Gasteiger partial charge in [-0.05, 0) is 37.1 Å². The molecule has 1 aromatic carbocycles. The molecule has 0 saturated carbocycles. The van der Waals surface area contributed by atoms with Gasteiger partial charge < -0.3 is 9.84 Å².